The molecule has 3 aromatic rings. The fourth-order valence-corrected chi connectivity index (χ4v) is 4.45. The molecule has 0 fully saturated rings. The molecule has 0 radical (unpaired) electrons. The van der Waals surface area contributed by atoms with Gasteiger partial charge >= 0.3 is 0 Å². The molecule has 30 heavy (non-hydrogen) atoms. The second-order valence-corrected chi connectivity index (χ2v) is 9.26. The number of sulfonamides is 1. The Bertz CT molecular complexity index is 1270. The second kappa shape index (κ2) is 9.08. The van der Waals surface area contributed by atoms with Crippen molar-refractivity contribution in [3.05, 3.63) is 69.6 Å². The highest BCUT2D eigenvalue weighted by molar-refractivity contribution is 9.10. The van der Waals surface area contributed by atoms with E-state index in [0.717, 1.165) is 15.7 Å². The van der Waals surface area contributed by atoms with Crippen LogP contribution < -0.4 is 16.8 Å². The average molecular weight is 503 g/mol. The molecule has 0 aliphatic heterocycles. The van der Waals surface area contributed by atoms with E-state index < -0.39 is 16.0 Å². The van der Waals surface area contributed by atoms with Crippen molar-refractivity contribution in [2.24, 2.45) is 15.9 Å². The number of thiazole rings is 1. The van der Waals surface area contributed by atoms with Crippen LogP contribution in [0.5, 0.6) is 0 Å². The number of halogens is 1. The molecule has 0 bridgehead atoms. The minimum Gasteiger partial charge on any atom is -0.369 e. The molecule has 3 rings (SSSR count). The summed E-state index contributed by atoms with van der Waals surface area (Å²) < 4.78 is 28.1. The predicted octanol–water partition coefficient (Wildman–Crippen LogP) is 3.51. The van der Waals surface area contributed by atoms with Gasteiger partial charge in [0, 0.05) is 27.3 Å². The highest BCUT2D eigenvalue weighted by Crippen LogP contribution is 2.28. The van der Waals surface area contributed by atoms with Crippen LogP contribution in [0.15, 0.2) is 73.9 Å². The smallest absolute Gasteiger partial charge is 0.285 e. The molecule has 0 spiro atoms. The molecular formula is C19H15BrN6O2S2. The van der Waals surface area contributed by atoms with Crippen LogP contribution in [0.2, 0.25) is 0 Å². The summed E-state index contributed by atoms with van der Waals surface area (Å²) in [5.41, 5.74) is 12.9. The summed E-state index contributed by atoms with van der Waals surface area (Å²) in [6.45, 7) is 0. The van der Waals surface area contributed by atoms with Gasteiger partial charge in [-0.1, -0.05) is 28.1 Å². The molecule has 0 aliphatic rings. The lowest BCUT2D eigenvalue weighted by molar-refractivity contribution is 0.598. The third-order valence-electron chi connectivity index (χ3n) is 3.74. The van der Waals surface area contributed by atoms with E-state index in [2.05, 4.69) is 36.7 Å². The predicted molar refractivity (Wildman–Crippen MR) is 122 cm³/mol. The van der Waals surface area contributed by atoms with Crippen molar-refractivity contribution in [1.82, 2.24) is 4.98 Å². The maximum atomic E-state index is 12.0. The highest BCUT2D eigenvalue weighted by atomic mass is 79.9. The zero-order valence-electron chi connectivity index (χ0n) is 15.3. The van der Waals surface area contributed by atoms with Crippen LogP contribution in [0.1, 0.15) is 5.01 Å². The van der Waals surface area contributed by atoms with Crippen molar-refractivity contribution < 1.29 is 8.42 Å². The lowest BCUT2D eigenvalue weighted by atomic mass is 10.2. The van der Waals surface area contributed by atoms with E-state index >= 15 is 0 Å². The standard InChI is InChI=1S/C19H15BrN6O2S2/c20-14-3-1-2-12(8-14)17-11-29-18(25-17)13(9-21)10-24-15-4-6-16(7-5-15)30(27,28)26-19(22)23/h1-8,10-11,24H,(H4,22,23,26). The number of nitrogens with two attached hydrogens (primary N) is 2. The number of rotatable bonds is 6. The Morgan fingerprint density at radius 1 is 1.23 bits per heavy atom. The highest BCUT2D eigenvalue weighted by Gasteiger charge is 2.13. The van der Waals surface area contributed by atoms with Crippen LogP contribution in [0.25, 0.3) is 16.8 Å². The molecule has 0 unspecified atom stereocenters. The van der Waals surface area contributed by atoms with Crippen LogP contribution in [0.3, 0.4) is 0 Å². The molecule has 1 heterocycles. The third kappa shape index (κ3) is 5.24. The van der Waals surface area contributed by atoms with Gasteiger partial charge in [0.25, 0.3) is 10.0 Å². The number of aromatic nitrogens is 1. The molecule has 8 nitrogen and oxygen atoms in total. The fraction of sp³-hybridized carbons (Fsp3) is 0. The lowest BCUT2D eigenvalue weighted by Gasteiger charge is -2.04. The van der Waals surface area contributed by atoms with Gasteiger partial charge in [-0.15, -0.1) is 15.7 Å². The molecular weight excluding hydrogens is 488 g/mol. The number of nitrogens with one attached hydrogen (secondary N) is 1. The summed E-state index contributed by atoms with van der Waals surface area (Å²) in [7, 11) is -3.95. The number of benzene rings is 2. The molecule has 5 N–H and O–H groups in total. The van der Waals surface area contributed by atoms with E-state index in [0.29, 0.717) is 16.3 Å². The molecule has 0 saturated carbocycles. The topological polar surface area (TPSA) is 147 Å². The molecule has 11 heteroatoms. The maximum absolute atomic E-state index is 12.0. The van der Waals surface area contributed by atoms with Crippen molar-refractivity contribution in [2.75, 3.05) is 5.32 Å². The number of guanidine groups is 1. The first kappa shape index (κ1) is 21.5. The zero-order chi connectivity index (χ0) is 21.7. The van der Waals surface area contributed by atoms with E-state index in [-0.39, 0.29) is 4.90 Å². The van der Waals surface area contributed by atoms with Crippen molar-refractivity contribution >= 4 is 54.5 Å². The van der Waals surface area contributed by atoms with E-state index in [9.17, 15) is 13.7 Å². The number of hydrogen-bond donors (Lipinski definition) is 3. The van der Waals surface area contributed by atoms with E-state index in [1.807, 2.05) is 29.6 Å². The summed E-state index contributed by atoms with van der Waals surface area (Å²) >= 11 is 4.79. The number of nitrogens with zero attached hydrogens (tertiary/aromatic N) is 3. The van der Waals surface area contributed by atoms with Gasteiger partial charge in [-0.25, -0.2) is 4.98 Å². The lowest BCUT2D eigenvalue weighted by Crippen LogP contribution is -2.24. The van der Waals surface area contributed by atoms with Gasteiger partial charge in [0.1, 0.15) is 16.6 Å². The minimum atomic E-state index is -3.95. The van der Waals surface area contributed by atoms with E-state index in [1.54, 1.807) is 0 Å². The Morgan fingerprint density at radius 3 is 2.60 bits per heavy atom. The monoisotopic (exact) mass is 502 g/mol. The maximum Gasteiger partial charge on any atom is 0.285 e. The number of nitriles is 1. The van der Waals surface area contributed by atoms with Crippen LogP contribution in [-0.2, 0) is 10.0 Å². The fourth-order valence-electron chi connectivity index (χ4n) is 2.39. The van der Waals surface area contributed by atoms with E-state index in [4.69, 9.17) is 11.5 Å². The molecule has 0 aliphatic carbocycles. The summed E-state index contributed by atoms with van der Waals surface area (Å²) in [6, 6.07) is 15.6. The van der Waals surface area contributed by atoms with Crippen LogP contribution in [0, 0.1) is 11.3 Å². The Kier molecular flexibility index (Phi) is 6.51. The Balaban J connectivity index is 1.78. The minimum absolute atomic E-state index is 0.0514. The Hall–Kier alpha value is -3.20. The second-order valence-electron chi connectivity index (χ2n) is 5.88. The van der Waals surface area contributed by atoms with Crippen LogP contribution >= 0.6 is 27.3 Å². The first-order chi connectivity index (χ1) is 14.3. The molecule has 0 saturated heterocycles. The average Bonchev–Trinajstić information content (AvgIpc) is 3.18. The van der Waals surface area contributed by atoms with Gasteiger partial charge in [0.15, 0.2) is 0 Å². The van der Waals surface area contributed by atoms with Crippen molar-refractivity contribution in [3.8, 4) is 17.3 Å². The molecule has 2 aromatic carbocycles. The summed E-state index contributed by atoms with van der Waals surface area (Å²) in [6.07, 6.45) is 1.52. The zero-order valence-corrected chi connectivity index (χ0v) is 18.5. The van der Waals surface area contributed by atoms with Gasteiger partial charge in [-0.2, -0.15) is 13.7 Å². The number of allylic oxidation sites excluding steroid dienone is 1. The molecule has 0 amide bonds. The van der Waals surface area contributed by atoms with Crippen LogP contribution in [-0.4, -0.2) is 19.4 Å². The number of anilines is 1. The van der Waals surface area contributed by atoms with Gasteiger partial charge in [-0.05, 0) is 36.4 Å². The molecule has 1 aromatic heterocycles. The van der Waals surface area contributed by atoms with Crippen molar-refractivity contribution in [1.29, 1.82) is 5.26 Å². The van der Waals surface area contributed by atoms with E-state index in [1.165, 1.54) is 41.8 Å². The molecule has 0 atom stereocenters. The summed E-state index contributed by atoms with van der Waals surface area (Å²) in [4.78, 5) is 4.48. The first-order valence-electron chi connectivity index (χ1n) is 8.33. The van der Waals surface area contributed by atoms with Gasteiger partial charge in [0.05, 0.1) is 10.6 Å². The largest absolute Gasteiger partial charge is 0.369 e. The number of hydrogen-bond acceptors (Lipinski definition) is 6. The quantitative estimate of drug-likeness (QED) is 0.265. The summed E-state index contributed by atoms with van der Waals surface area (Å²) in [5, 5.41) is 14.9. The Labute approximate surface area is 185 Å². The van der Waals surface area contributed by atoms with Gasteiger partial charge < -0.3 is 16.8 Å². The normalized spacial score (nSPS) is 11.5. The van der Waals surface area contributed by atoms with Crippen LogP contribution in [0.4, 0.5) is 5.69 Å². The third-order valence-corrected chi connectivity index (χ3v) is 6.42. The van der Waals surface area contributed by atoms with Gasteiger partial charge in [-0.3, -0.25) is 0 Å². The molecule has 152 valence electrons. The van der Waals surface area contributed by atoms with Crippen molar-refractivity contribution in [3.63, 3.8) is 0 Å². The SMILES string of the molecule is N#CC(=CNc1ccc(S(=O)(=O)N=C(N)N)cc1)c1nc(-c2cccc(Br)c2)cs1. The van der Waals surface area contributed by atoms with Crippen molar-refractivity contribution in [2.45, 2.75) is 4.90 Å². The summed E-state index contributed by atoms with van der Waals surface area (Å²) in [5.74, 6) is -0.538. The van der Waals surface area contributed by atoms with Gasteiger partial charge in [0.2, 0.25) is 5.96 Å². The first-order valence-corrected chi connectivity index (χ1v) is 11.4. The Morgan fingerprint density at radius 2 is 1.97 bits per heavy atom.